The summed E-state index contributed by atoms with van der Waals surface area (Å²) in [5.41, 5.74) is 4.02. The lowest BCUT2D eigenvalue weighted by atomic mass is 10.1. The normalized spacial score (nSPS) is 10.9. The Hall–Kier alpha value is -2.37. The van der Waals surface area contributed by atoms with E-state index in [9.17, 15) is 9.18 Å². The number of aryl methyl sites for hydroxylation is 1. The van der Waals surface area contributed by atoms with Gasteiger partial charge in [0.25, 0.3) is 0 Å². The van der Waals surface area contributed by atoms with E-state index in [0.29, 0.717) is 10.6 Å². The molecule has 0 aliphatic rings. The smallest absolute Gasteiger partial charge is 0.224 e. The van der Waals surface area contributed by atoms with Crippen LogP contribution in [0.3, 0.4) is 0 Å². The molecule has 0 bridgehead atoms. The first-order valence-corrected chi connectivity index (χ1v) is 9.12. The zero-order valence-corrected chi connectivity index (χ0v) is 16.4. The molecule has 0 fully saturated rings. The topological polar surface area (TPSA) is 46.9 Å². The van der Waals surface area contributed by atoms with Gasteiger partial charge in [0, 0.05) is 27.8 Å². The van der Waals surface area contributed by atoms with Gasteiger partial charge >= 0.3 is 0 Å². The van der Waals surface area contributed by atoms with Crippen LogP contribution in [0.1, 0.15) is 22.5 Å². The summed E-state index contributed by atoms with van der Waals surface area (Å²) >= 11 is 12.1. The van der Waals surface area contributed by atoms with Crippen LogP contribution < -0.4 is 5.32 Å². The molecule has 3 aromatic rings. The van der Waals surface area contributed by atoms with Crippen LogP contribution in [0.25, 0.3) is 5.69 Å². The number of benzene rings is 2. The lowest BCUT2D eigenvalue weighted by Crippen LogP contribution is -2.25. The third-order valence-electron chi connectivity index (χ3n) is 4.32. The molecule has 1 N–H and O–H groups in total. The van der Waals surface area contributed by atoms with Gasteiger partial charge in [-0.2, -0.15) is 5.10 Å². The number of nitrogens with one attached hydrogen (secondary N) is 1. The number of rotatable bonds is 5. The van der Waals surface area contributed by atoms with Gasteiger partial charge in [-0.25, -0.2) is 9.07 Å². The Bertz CT molecular complexity index is 1000. The fourth-order valence-electron chi connectivity index (χ4n) is 2.87. The van der Waals surface area contributed by atoms with Gasteiger partial charge < -0.3 is 5.32 Å². The molecule has 1 heterocycles. The quantitative estimate of drug-likeness (QED) is 0.662. The van der Waals surface area contributed by atoms with Gasteiger partial charge in [0.1, 0.15) is 5.82 Å². The summed E-state index contributed by atoms with van der Waals surface area (Å²) < 4.78 is 14.9. The zero-order chi connectivity index (χ0) is 19.6. The molecule has 0 radical (unpaired) electrons. The highest BCUT2D eigenvalue weighted by atomic mass is 35.5. The summed E-state index contributed by atoms with van der Waals surface area (Å²) in [4.78, 5) is 12.4. The number of carbonyl (C=O) groups excluding carboxylic acids is 1. The molecular weight excluding hydrogens is 388 g/mol. The van der Waals surface area contributed by atoms with Gasteiger partial charge in [-0.15, -0.1) is 0 Å². The maximum absolute atomic E-state index is 13.1. The number of hydrogen-bond donors (Lipinski definition) is 1. The average Bonchev–Trinajstić information content (AvgIpc) is 2.89. The molecule has 1 amide bonds. The summed E-state index contributed by atoms with van der Waals surface area (Å²) in [6, 6.07) is 11.5. The molecule has 0 saturated carbocycles. The van der Waals surface area contributed by atoms with Crippen molar-refractivity contribution < 1.29 is 9.18 Å². The van der Waals surface area contributed by atoms with E-state index in [1.54, 1.807) is 16.8 Å². The molecule has 2 aromatic carbocycles. The van der Waals surface area contributed by atoms with Crippen molar-refractivity contribution in [3.8, 4) is 5.69 Å². The van der Waals surface area contributed by atoms with Gasteiger partial charge in [-0.1, -0.05) is 35.3 Å². The van der Waals surface area contributed by atoms with E-state index in [0.717, 1.165) is 22.6 Å². The number of halogens is 3. The van der Waals surface area contributed by atoms with Crippen molar-refractivity contribution in [3.05, 3.63) is 80.8 Å². The van der Waals surface area contributed by atoms with Crippen molar-refractivity contribution in [2.75, 3.05) is 0 Å². The first-order valence-electron chi connectivity index (χ1n) is 8.37. The maximum Gasteiger partial charge on any atom is 0.224 e. The summed E-state index contributed by atoms with van der Waals surface area (Å²) in [5, 5.41) is 8.26. The molecule has 0 aliphatic heterocycles. The third-order valence-corrected chi connectivity index (χ3v) is 4.91. The second kappa shape index (κ2) is 8.11. The molecule has 3 rings (SSSR count). The minimum Gasteiger partial charge on any atom is -0.352 e. The standard InChI is InChI=1S/C20H18Cl2FN3O/c1-12-18(13(2)26(25-12)17-5-3-4-15(21)8-17)10-20(27)24-11-14-6-7-16(23)9-19(14)22/h3-9H,10-11H2,1-2H3,(H,24,27). The average molecular weight is 406 g/mol. The number of hydrogen-bond acceptors (Lipinski definition) is 2. The predicted molar refractivity (Wildman–Crippen MR) is 105 cm³/mol. The lowest BCUT2D eigenvalue weighted by Gasteiger charge is -2.08. The number of aromatic nitrogens is 2. The van der Waals surface area contributed by atoms with Crippen LogP contribution >= 0.6 is 23.2 Å². The Morgan fingerprint density at radius 3 is 2.67 bits per heavy atom. The van der Waals surface area contributed by atoms with Crippen LogP contribution in [0.4, 0.5) is 4.39 Å². The van der Waals surface area contributed by atoms with Gasteiger partial charge in [0.05, 0.1) is 17.8 Å². The Balaban J connectivity index is 1.73. The van der Waals surface area contributed by atoms with Crippen molar-refractivity contribution in [1.82, 2.24) is 15.1 Å². The Morgan fingerprint density at radius 1 is 1.19 bits per heavy atom. The van der Waals surface area contributed by atoms with E-state index in [1.807, 2.05) is 32.0 Å². The van der Waals surface area contributed by atoms with Crippen LogP contribution in [0.15, 0.2) is 42.5 Å². The predicted octanol–water partition coefficient (Wildman–Crippen LogP) is 4.79. The van der Waals surface area contributed by atoms with Crippen molar-refractivity contribution in [1.29, 1.82) is 0 Å². The summed E-state index contributed by atoms with van der Waals surface area (Å²) in [7, 11) is 0. The number of nitrogens with zero attached hydrogens (tertiary/aromatic N) is 2. The van der Waals surface area contributed by atoms with Gasteiger partial charge in [0.15, 0.2) is 0 Å². The van der Waals surface area contributed by atoms with E-state index in [2.05, 4.69) is 10.4 Å². The Kier molecular flexibility index (Phi) is 5.82. The largest absolute Gasteiger partial charge is 0.352 e. The minimum atomic E-state index is -0.408. The molecule has 0 saturated heterocycles. The van der Waals surface area contributed by atoms with E-state index in [1.165, 1.54) is 12.1 Å². The van der Waals surface area contributed by atoms with Crippen LogP contribution in [0, 0.1) is 19.7 Å². The van der Waals surface area contributed by atoms with Crippen molar-refractivity contribution >= 4 is 29.1 Å². The molecular formula is C20H18Cl2FN3O. The van der Waals surface area contributed by atoms with Crippen molar-refractivity contribution in [2.24, 2.45) is 0 Å². The highest BCUT2D eigenvalue weighted by Crippen LogP contribution is 2.21. The van der Waals surface area contributed by atoms with Crippen LogP contribution in [-0.4, -0.2) is 15.7 Å². The molecule has 0 unspecified atom stereocenters. The Morgan fingerprint density at radius 2 is 1.96 bits per heavy atom. The second-order valence-electron chi connectivity index (χ2n) is 6.23. The van der Waals surface area contributed by atoms with Crippen LogP contribution in [0.2, 0.25) is 10.0 Å². The van der Waals surface area contributed by atoms with Gasteiger partial charge in [-0.3, -0.25) is 4.79 Å². The fraction of sp³-hybridized carbons (Fsp3) is 0.200. The summed E-state index contributed by atoms with van der Waals surface area (Å²) in [5.74, 6) is -0.568. The zero-order valence-electron chi connectivity index (χ0n) is 14.9. The molecule has 0 spiro atoms. The monoisotopic (exact) mass is 405 g/mol. The first-order chi connectivity index (χ1) is 12.8. The number of carbonyl (C=O) groups is 1. The molecule has 1 aromatic heterocycles. The fourth-order valence-corrected chi connectivity index (χ4v) is 3.29. The molecule has 0 aliphatic carbocycles. The Labute approximate surface area is 166 Å². The first kappa shape index (κ1) is 19.4. The highest BCUT2D eigenvalue weighted by Gasteiger charge is 2.16. The van der Waals surface area contributed by atoms with E-state index >= 15 is 0 Å². The minimum absolute atomic E-state index is 0.160. The second-order valence-corrected chi connectivity index (χ2v) is 7.07. The van der Waals surface area contributed by atoms with E-state index < -0.39 is 5.82 Å². The van der Waals surface area contributed by atoms with Gasteiger partial charge in [0.2, 0.25) is 5.91 Å². The van der Waals surface area contributed by atoms with Gasteiger partial charge in [-0.05, 0) is 49.7 Å². The number of amides is 1. The van der Waals surface area contributed by atoms with E-state index in [-0.39, 0.29) is 23.9 Å². The third kappa shape index (κ3) is 4.49. The SMILES string of the molecule is Cc1nn(-c2cccc(Cl)c2)c(C)c1CC(=O)NCc1ccc(F)cc1Cl. The van der Waals surface area contributed by atoms with Crippen molar-refractivity contribution in [3.63, 3.8) is 0 Å². The molecule has 4 nitrogen and oxygen atoms in total. The van der Waals surface area contributed by atoms with Crippen LogP contribution in [-0.2, 0) is 17.8 Å². The molecule has 27 heavy (non-hydrogen) atoms. The molecule has 7 heteroatoms. The molecule has 140 valence electrons. The summed E-state index contributed by atoms with van der Waals surface area (Å²) in [6.07, 6.45) is 0.192. The summed E-state index contributed by atoms with van der Waals surface area (Å²) in [6.45, 7) is 4.02. The van der Waals surface area contributed by atoms with Crippen molar-refractivity contribution in [2.45, 2.75) is 26.8 Å². The molecule has 0 atom stereocenters. The maximum atomic E-state index is 13.1. The van der Waals surface area contributed by atoms with E-state index in [4.69, 9.17) is 23.2 Å². The highest BCUT2D eigenvalue weighted by molar-refractivity contribution is 6.31. The van der Waals surface area contributed by atoms with Crippen LogP contribution in [0.5, 0.6) is 0 Å². The lowest BCUT2D eigenvalue weighted by molar-refractivity contribution is -0.120.